The molecule has 0 bridgehead atoms. The van der Waals surface area contributed by atoms with E-state index in [0.29, 0.717) is 15.8 Å². The molecule has 2 rings (SSSR count). The van der Waals surface area contributed by atoms with Crippen LogP contribution in [0.25, 0.3) is 0 Å². The molecule has 1 atom stereocenters. The number of benzene rings is 1. The van der Waals surface area contributed by atoms with E-state index < -0.39 is 6.04 Å². The first-order valence-electron chi connectivity index (χ1n) is 5.21. The van der Waals surface area contributed by atoms with Gasteiger partial charge in [0, 0.05) is 4.47 Å². The molecular formula is C13H9BrN2O2. The van der Waals surface area contributed by atoms with Crippen molar-refractivity contribution in [3.8, 4) is 6.07 Å². The Kier molecular flexibility index (Phi) is 3.80. The van der Waals surface area contributed by atoms with Gasteiger partial charge < -0.3 is 9.73 Å². The van der Waals surface area contributed by atoms with Crippen molar-refractivity contribution in [3.05, 3.63) is 58.5 Å². The summed E-state index contributed by atoms with van der Waals surface area (Å²) in [7, 11) is 0. The lowest BCUT2D eigenvalue weighted by atomic mass is 10.2. The molecule has 2 aromatic rings. The summed E-state index contributed by atoms with van der Waals surface area (Å²) in [5.74, 6) is 0.0864. The molecule has 4 nitrogen and oxygen atoms in total. The van der Waals surface area contributed by atoms with Gasteiger partial charge in [0.05, 0.1) is 17.9 Å². The Morgan fingerprint density at radius 3 is 2.72 bits per heavy atom. The summed E-state index contributed by atoms with van der Waals surface area (Å²) >= 11 is 3.29. The lowest BCUT2D eigenvalue weighted by molar-refractivity contribution is 0.0940. The maximum absolute atomic E-state index is 12.0. The van der Waals surface area contributed by atoms with E-state index in [2.05, 4.69) is 21.2 Å². The fraction of sp³-hybridized carbons (Fsp3) is 0.0769. The largest absolute Gasteiger partial charge is 0.466 e. The number of nitrogens with zero attached hydrogens (tertiary/aromatic N) is 1. The SMILES string of the molecule is N#CC(NC(=O)c1ccccc1Br)c1ccco1. The first-order chi connectivity index (χ1) is 8.72. The average Bonchev–Trinajstić information content (AvgIpc) is 2.90. The molecule has 1 aromatic heterocycles. The van der Waals surface area contributed by atoms with Crippen LogP contribution in [0.2, 0.25) is 0 Å². The number of furan rings is 1. The van der Waals surface area contributed by atoms with E-state index >= 15 is 0 Å². The van der Waals surface area contributed by atoms with Gasteiger partial charge in [0.25, 0.3) is 5.91 Å². The van der Waals surface area contributed by atoms with Gasteiger partial charge in [-0.3, -0.25) is 4.79 Å². The van der Waals surface area contributed by atoms with Gasteiger partial charge in [-0.15, -0.1) is 0 Å². The van der Waals surface area contributed by atoms with Gasteiger partial charge in [-0.2, -0.15) is 5.26 Å². The molecule has 5 heteroatoms. The van der Waals surface area contributed by atoms with E-state index in [9.17, 15) is 4.79 Å². The summed E-state index contributed by atoms with van der Waals surface area (Å²) in [6.07, 6.45) is 1.46. The summed E-state index contributed by atoms with van der Waals surface area (Å²) in [6, 6.07) is 11.5. The average molecular weight is 305 g/mol. The zero-order valence-corrected chi connectivity index (χ0v) is 10.8. The lowest BCUT2D eigenvalue weighted by Crippen LogP contribution is -2.27. The number of halogens is 1. The second-order valence-electron chi connectivity index (χ2n) is 3.53. The number of carbonyl (C=O) groups excluding carboxylic acids is 1. The van der Waals surface area contributed by atoms with E-state index in [-0.39, 0.29) is 5.91 Å². The van der Waals surface area contributed by atoms with Gasteiger partial charge in [0.2, 0.25) is 0 Å². The lowest BCUT2D eigenvalue weighted by Gasteiger charge is -2.10. The van der Waals surface area contributed by atoms with Crippen LogP contribution < -0.4 is 5.32 Å². The minimum absolute atomic E-state index is 0.328. The van der Waals surface area contributed by atoms with E-state index in [4.69, 9.17) is 9.68 Å². The molecule has 0 radical (unpaired) electrons. The number of rotatable bonds is 3. The third-order valence-electron chi connectivity index (χ3n) is 2.35. The van der Waals surface area contributed by atoms with Crippen LogP contribution in [0.3, 0.4) is 0 Å². The number of hydrogen-bond acceptors (Lipinski definition) is 3. The van der Waals surface area contributed by atoms with Crippen LogP contribution in [0.4, 0.5) is 0 Å². The fourth-order valence-corrected chi connectivity index (χ4v) is 1.94. The van der Waals surface area contributed by atoms with Gasteiger partial charge >= 0.3 is 0 Å². The Morgan fingerprint density at radius 1 is 1.33 bits per heavy atom. The van der Waals surface area contributed by atoms with Crippen LogP contribution in [0.1, 0.15) is 22.2 Å². The van der Waals surface area contributed by atoms with Gasteiger partial charge in [0.15, 0.2) is 6.04 Å². The number of carbonyl (C=O) groups is 1. The smallest absolute Gasteiger partial charge is 0.253 e. The summed E-state index contributed by atoms with van der Waals surface area (Å²) in [4.78, 5) is 12.0. The topological polar surface area (TPSA) is 66.0 Å². The van der Waals surface area contributed by atoms with Crippen molar-refractivity contribution in [1.82, 2.24) is 5.32 Å². The second kappa shape index (κ2) is 5.52. The predicted molar refractivity (Wildman–Crippen MR) is 68.7 cm³/mol. The maximum atomic E-state index is 12.0. The minimum Gasteiger partial charge on any atom is -0.466 e. The molecule has 0 aliphatic carbocycles. The molecule has 1 heterocycles. The molecule has 1 unspecified atom stereocenters. The summed E-state index contributed by atoms with van der Waals surface area (Å²) in [5.41, 5.74) is 0.476. The fourth-order valence-electron chi connectivity index (χ4n) is 1.48. The van der Waals surface area contributed by atoms with Crippen molar-refractivity contribution >= 4 is 21.8 Å². The first-order valence-corrected chi connectivity index (χ1v) is 6.00. The first kappa shape index (κ1) is 12.4. The van der Waals surface area contributed by atoms with Gasteiger partial charge in [0.1, 0.15) is 5.76 Å². The molecule has 1 amide bonds. The zero-order chi connectivity index (χ0) is 13.0. The Hall–Kier alpha value is -2.06. The number of hydrogen-bond donors (Lipinski definition) is 1. The number of nitriles is 1. The van der Waals surface area contributed by atoms with Gasteiger partial charge in [-0.05, 0) is 40.2 Å². The number of amides is 1. The summed E-state index contributed by atoms with van der Waals surface area (Å²) in [6.45, 7) is 0. The monoisotopic (exact) mass is 304 g/mol. The molecule has 1 aromatic carbocycles. The van der Waals surface area contributed by atoms with E-state index in [1.54, 1.807) is 30.3 Å². The van der Waals surface area contributed by atoms with E-state index in [1.165, 1.54) is 6.26 Å². The minimum atomic E-state index is -0.792. The van der Waals surface area contributed by atoms with Crippen molar-refractivity contribution < 1.29 is 9.21 Å². The molecule has 0 aliphatic rings. The quantitative estimate of drug-likeness (QED) is 0.948. The molecule has 0 fully saturated rings. The third kappa shape index (κ3) is 2.60. The molecule has 0 aliphatic heterocycles. The normalized spacial score (nSPS) is 11.6. The molecule has 1 N–H and O–H groups in total. The molecule has 90 valence electrons. The molecule has 0 spiro atoms. The Bertz CT molecular complexity index is 587. The van der Waals surface area contributed by atoms with Crippen molar-refractivity contribution in [2.24, 2.45) is 0 Å². The summed E-state index contributed by atoms with van der Waals surface area (Å²) in [5, 5.41) is 11.6. The predicted octanol–water partition coefficient (Wildman–Crippen LogP) is 3.04. The van der Waals surface area contributed by atoms with E-state index in [1.807, 2.05) is 12.1 Å². The second-order valence-corrected chi connectivity index (χ2v) is 4.39. The molecular weight excluding hydrogens is 296 g/mol. The highest BCUT2D eigenvalue weighted by Crippen LogP contribution is 2.18. The van der Waals surface area contributed by atoms with Crippen molar-refractivity contribution in [3.63, 3.8) is 0 Å². The standard InChI is InChI=1S/C13H9BrN2O2/c14-10-5-2-1-4-9(10)13(17)16-11(8-15)12-6-3-7-18-12/h1-7,11H,(H,16,17). The van der Waals surface area contributed by atoms with E-state index in [0.717, 1.165) is 0 Å². The third-order valence-corrected chi connectivity index (χ3v) is 3.04. The van der Waals surface area contributed by atoms with Crippen molar-refractivity contribution in [2.45, 2.75) is 6.04 Å². The Labute approximate surface area is 112 Å². The van der Waals surface area contributed by atoms with Crippen LogP contribution in [0, 0.1) is 11.3 Å². The van der Waals surface area contributed by atoms with Gasteiger partial charge in [-0.25, -0.2) is 0 Å². The molecule has 18 heavy (non-hydrogen) atoms. The van der Waals surface area contributed by atoms with Crippen LogP contribution in [0.15, 0.2) is 51.6 Å². The summed E-state index contributed by atoms with van der Waals surface area (Å²) < 4.78 is 5.78. The van der Waals surface area contributed by atoms with Crippen LogP contribution in [-0.4, -0.2) is 5.91 Å². The van der Waals surface area contributed by atoms with Gasteiger partial charge in [-0.1, -0.05) is 12.1 Å². The van der Waals surface area contributed by atoms with Crippen LogP contribution >= 0.6 is 15.9 Å². The molecule has 0 saturated carbocycles. The highest BCUT2D eigenvalue weighted by Gasteiger charge is 2.18. The van der Waals surface area contributed by atoms with Crippen LogP contribution in [-0.2, 0) is 0 Å². The van der Waals surface area contributed by atoms with Crippen molar-refractivity contribution in [2.75, 3.05) is 0 Å². The Balaban J connectivity index is 2.17. The van der Waals surface area contributed by atoms with Crippen LogP contribution in [0.5, 0.6) is 0 Å². The maximum Gasteiger partial charge on any atom is 0.253 e. The highest BCUT2D eigenvalue weighted by molar-refractivity contribution is 9.10. The Morgan fingerprint density at radius 2 is 2.11 bits per heavy atom. The number of nitrogens with one attached hydrogen (secondary N) is 1. The van der Waals surface area contributed by atoms with Crippen molar-refractivity contribution in [1.29, 1.82) is 5.26 Å². The highest BCUT2D eigenvalue weighted by atomic mass is 79.9. The molecule has 0 saturated heterocycles. The zero-order valence-electron chi connectivity index (χ0n) is 9.26.